The van der Waals surface area contributed by atoms with Gasteiger partial charge >= 0.3 is 0 Å². The van der Waals surface area contributed by atoms with Crippen LogP contribution in [0.3, 0.4) is 0 Å². The van der Waals surface area contributed by atoms with Gasteiger partial charge in [-0.25, -0.2) is 8.42 Å². The van der Waals surface area contributed by atoms with Crippen LogP contribution in [-0.2, 0) is 22.9 Å². The van der Waals surface area contributed by atoms with Crippen molar-refractivity contribution >= 4 is 43.9 Å². The van der Waals surface area contributed by atoms with Crippen LogP contribution in [0.4, 0.5) is 11.4 Å². The van der Waals surface area contributed by atoms with Crippen LogP contribution in [0.25, 0.3) is 20.9 Å². The van der Waals surface area contributed by atoms with E-state index in [0.29, 0.717) is 38.1 Å². The first-order valence-corrected chi connectivity index (χ1v) is 17.8. The zero-order valence-corrected chi connectivity index (χ0v) is 26.6. The van der Waals surface area contributed by atoms with Gasteiger partial charge in [0.1, 0.15) is 11.5 Å². The summed E-state index contributed by atoms with van der Waals surface area (Å²) in [4.78, 5) is 7.15. The number of thiophene rings is 2. The van der Waals surface area contributed by atoms with Crippen molar-refractivity contribution in [2.75, 3.05) is 23.3 Å². The number of sulfone groups is 1. The highest BCUT2D eigenvalue weighted by molar-refractivity contribution is 7.91. The molecule has 0 saturated heterocycles. The fraction of sp³-hybridized carbons (Fsp3) is 0.111. The molecule has 0 amide bonds. The number of hydrogen-bond donors (Lipinski definition) is 0. The van der Waals surface area contributed by atoms with E-state index >= 15 is 0 Å². The predicted molar refractivity (Wildman–Crippen MR) is 181 cm³/mol. The fourth-order valence-electron chi connectivity index (χ4n) is 5.80. The maximum absolute atomic E-state index is 13.9. The van der Waals surface area contributed by atoms with E-state index in [9.17, 15) is 8.42 Å². The highest BCUT2D eigenvalue weighted by Gasteiger charge is 2.26. The fourth-order valence-corrected chi connectivity index (χ4v) is 8.63. The molecule has 2 aromatic heterocycles. The SMILES string of the molecule is O=S(=O)(c1ccc2c(c1)CN(c1ccc(-c3cccs3)cc1)CO2)c1ccc2c(c1)CN(c1ccc(-c3cccs3)cc1)CO2. The Kier molecular flexibility index (Phi) is 7.09. The molecule has 224 valence electrons. The van der Waals surface area contributed by atoms with Crippen LogP contribution in [0.1, 0.15) is 11.1 Å². The Labute approximate surface area is 270 Å². The number of rotatable bonds is 6. The van der Waals surface area contributed by atoms with Crippen molar-refractivity contribution < 1.29 is 17.9 Å². The molecule has 8 rings (SSSR count). The van der Waals surface area contributed by atoms with Gasteiger partial charge in [-0.3, -0.25) is 0 Å². The summed E-state index contributed by atoms with van der Waals surface area (Å²) in [7, 11) is -3.78. The molecule has 0 saturated carbocycles. The van der Waals surface area contributed by atoms with Crippen molar-refractivity contribution in [1.82, 2.24) is 0 Å². The summed E-state index contributed by atoms with van der Waals surface area (Å²) in [6, 6.07) is 35.4. The topological polar surface area (TPSA) is 59.1 Å². The van der Waals surface area contributed by atoms with Gasteiger partial charge in [-0.2, -0.15) is 0 Å². The summed E-state index contributed by atoms with van der Waals surface area (Å²) in [5, 5.41) is 4.15. The summed E-state index contributed by atoms with van der Waals surface area (Å²) in [6.07, 6.45) is 0. The van der Waals surface area contributed by atoms with Crippen LogP contribution in [0.15, 0.2) is 130 Å². The Balaban J connectivity index is 1.01. The van der Waals surface area contributed by atoms with Crippen LogP contribution in [0, 0.1) is 0 Å². The minimum absolute atomic E-state index is 0.248. The Hall–Kier alpha value is -4.57. The molecular weight excluding hydrogens is 621 g/mol. The standard InChI is InChI=1S/C36H28N2O4S3/c39-45(40,31-13-15-33-27(19-31)21-37(23-41-33)29-9-5-25(6-10-29)35-3-1-17-43-35)32-14-16-34-28(20-32)22-38(24-42-34)30-11-7-26(8-12-30)36-4-2-18-44-36/h1-20H,21-24H2. The average Bonchev–Trinajstić information content (AvgIpc) is 3.83. The minimum Gasteiger partial charge on any atom is -0.473 e. The van der Waals surface area contributed by atoms with Gasteiger partial charge in [0.15, 0.2) is 13.5 Å². The van der Waals surface area contributed by atoms with E-state index in [1.54, 1.807) is 59.1 Å². The second kappa shape index (κ2) is 11.4. The molecular formula is C36H28N2O4S3. The van der Waals surface area contributed by atoms with Gasteiger partial charge in [-0.15, -0.1) is 22.7 Å². The first-order valence-electron chi connectivity index (χ1n) is 14.6. The van der Waals surface area contributed by atoms with E-state index in [1.165, 1.54) is 20.9 Å². The highest BCUT2D eigenvalue weighted by Crippen LogP contribution is 2.36. The van der Waals surface area contributed by atoms with E-state index in [1.807, 2.05) is 12.1 Å². The van der Waals surface area contributed by atoms with Gasteiger partial charge in [-0.05, 0) is 94.7 Å². The summed E-state index contributed by atoms with van der Waals surface area (Å²) >= 11 is 3.42. The first-order chi connectivity index (χ1) is 22.0. The zero-order valence-electron chi connectivity index (χ0n) is 24.1. The van der Waals surface area contributed by atoms with Crippen molar-refractivity contribution in [3.8, 4) is 32.4 Å². The molecule has 0 N–H and O–H groups in total. The predicted octanol–water partition coefficient (Wildman–Crippen LogP) is 8.69. The third-order valence-corrected chi connectivity index (χ3v) is 11.8. The summed E-state index contributed by atoms with van der Waals surface area (Å²) in [6.45, 7) is 1.90. The molecule has 2 aliphatic heterocycles. The van der Waals surface area contributed by atoms with Crippen LogP contribution in [0.5, 0.6) is 11.5 Å². The second-order valence-corrected chi connectivity index (χ2v) is 14.9. The molecule has 4 heterocycles. The lowest BCUT2D eigenvalue weighted by molar-refractivity contribution is 0.289. The van der Waals surface area contributed by atoms with Crippen molar-refractivity contribution in [2.24, 2.45) is 0 Å². The lowest BCUT2D eigenvalue weighted by Gasteiger charge is -2.31. The number of fused-ring (bicyclic) bond motifs is 2. The number of hydrogen-bond acceptors (Lipinski definition) is 8. The molecule has 0 fully saturated rings. The highest BCUT2D eigenvalue weighted by atomic mass is 32.2. The lowest BCUT2D eigenvalue weighted by atomic mass is 10.1. The van der Waals surface area contributed by atoms with Gasteiger partial charge in [0.25, 0.3) is 0 Å². The quantitative estimate of drug-likeness (QED) is 0.180. The van der Waals surface area contributed by atoms with Crippen LogP contribution in [0.2, 0.25) is 0 Å². The van der Waals surface area contributed by atoms with Crippen molar-refractivity contribution in [1.29, 1.82) is 0 Å². The molecule has 0 radical (unpaired) electrons. The number of benzene rings is 4. The Morgan fingerprint density at radius 3 is 1.40 bits per heavy atom. The smallest absolute Gasteiger partial charge is 0.206 e. The molecule has 0 atom stereocenters. The molecule has 0 bridgehead atoms. The zero-order chi connectivity index (χ0) is 30.4. The number of anilines is 2. The average molecular weight is 649 g/mol. The third kappa shape index (κ3) is 5.37. The molecule has 45 heavy (non-hydrogen) atoms. The van der Waals surface area contributed by atoms with Crippen molar-refractivity contribution in [3.63, 3.8) is 0 Å². The summed E-state index contributed by atoms with van der Waals surface area (Å²) in [5.41, 5.74) is 6.06. The molecule has 6 nitrogen and oxygen atoms in total. The molecule has 0 spiro atoms. The first kappa shape index (κ1) is 27.9. The molecule has 0 unspecified atom stereocenters. The Bertz CT molecular complexity index is 1930. The molecule has 2 aliphatic rings. The van der Waals surface area contributed by atoms with E-state index in [-0.39, 0.29) is 9.79 Å². The Morgan fingerprint density at radius 2 is 1.00 bits per heavy atom. The van der Waals surface area contributed by atoms with Crippen LogP contribution >= 0.6 is 22.7 Å². The second-order valence-electron chi connectivity index (χ2n) is 11.0. The summed E-state index contributed by atoms with van der Waals surface area (Å²) in [5.74, 6) is 1.42. The largest absolute Gasteiger partial charge is 0.473 e. The van der Waals surface area contributed by atoms with E-state index < -0.39 is 9.84 Å². The number of nitrogens with zero attached hydrogens (tertiary/aromatic N) is 2. The van der Waals surface area contributed by atoms with Gasteiger partial charge in [0.05, 0.1) is 9.79 Å². The molecule has 4 aromatic carbocycles. The van der Waals surface area contributed by atoms with Gasteiger partial charge in [0, 0.05) is 45.3 Å². The maximum atomic E-state index is 13.9. The monoisotopic (exact) mass is 648 g/mol. The molecule has 6 aromatic rings. The normalized spacial score (nSPS) is 14.3. The van der Waals surface area contributed by atoms with Crippen molar-refractivity contribution in [3.05, 3.63) is 131 Å². The van der Waals surface area contributed by atoms with Gasteiger partial charge in [-0.1, -0.05) is 36.4 Å². The molecule has 9 heteroatoms. The van der Waals surface area contributed by atoms with Crippen molar-refractivity contribution in [2.45, 2.75) is 22.9 Å². The maximum Gasteiger partial charge on any atom is 0.206 e. The van der Waals surface area contributed by atoms with E-state index in [4.69, 9.17) is 9.47 Å². The third-order valence-electron chi connectivity index (χ3n) is 8.23. The minimum atomic E-state index is -3.78. The summed E-state index contributed by atoms with van der Waals surface area (Å²) < 4.78 is 39.9. The van der Waals surface area contributed by atoms with Crippen LogP contribution in [-0.4, -0.2) is 21.9 Å². The van der Waals surface area contributed by atoms with E-state index in [0.717, 1.165) is 22.5 Å². The van der Waals surface area contributed by atoms with E-state index in [2.05, 4.69) is 81.2 Å². The molecule has 0 aliphatic carbocycles. The van der Waals surface area contributed by atoms with Gasteiger partial charge < -0.3 is 19.3 Å². The Morgan fingerprint density at radius 1 is 0.556 bits per heavy atom. The lowest BCUT2D eigenvalue weighted by Crippen LogP contribution is -2.32. The van der Waals surface area contributed by atoms with Crippen LogP contribution < -0.4 is 19.3 Å². The van der Waals surface area contributed by atoms with Gasteiger partial charge in [0.2, 0.25) is 9.84 Å². The number of ether oxygens (including phenoxy) is 2.